The molecule has 0 atom stereocenters. The van der Waals surface area contributed by atoms with E-state index in [1.54, 1.807) is 7.11 Å². The number of hydrogen-bond donors (Lipinski definition) is 0. The first-order chi connectivity index (χ1) is 14.4. The van der Waals surface area contributed by atoms with E-state index in [-0.39, 0.29) is 0 Å². The largest absolute Gasteiger partial charge is 0.489 e. The predicted molar refractivity (Wildman–Crippen MR) is 110 cm³/mol. The number of nitrogens with zero attached hydrogens (tertiary/aromatic N) is 1. The maximum atomic E-state index is 5.90. The fourth-order valence-corrected chi connectivity index (χ4v) is 2.76. The third-order valence-electron chi connectivity index (χ3n) is 4.25. The standard InChI is InChI=1S/C21H35NO7/c1-23-10-19-29-21-5-3-2-4-20(21)22-6-8-24-11-13-26-15-17-28-18-16-27-14-12-25-9-7-22/h2-5H,6-19H2,1H3. The molecule has 0 aliphatic carbocycles. The SMILES string of the molecule is COCCOc1ccccc1N1CCOCCOCCOCCOCCOCC1. The fourth-order valence-electron chi connectivity index (χ4n) is 2.76. The number of ether oxygens (including phenoxy) is 7. The Morgan fingerprint density at radius 2 is 1.17 bits per heavy atom. The molecule has 1 aliphatic rings. The average Bonchev–Trinajstić information content (AvgIpc) is 2.74. The molecule has 1 aromatic rings. The lowest BCUT2D eigenvalue weighted by molar-refractivity contribution is -0.0116. The summed E-state index contributed by atoms with van der Waals surface area (Å²) in [5, 5.41) is 0. The lowest BCUT2D eigenvalue weighted by Gasteiger charge is -2.27. The summed E-state index contributed by atoms with van der Waals surface area (Å²) in [4.78, 5) is 2.22. The third kappa shape index (κ3) is 10.8. The molecule has 29 heavy (non-hydrogen) atoms. The second-order valence-corrected chi connectivity index (χ2v) is 6.36. The Kier molecular flexibility index (Phi) is 13.5. The molecule has 0 aromatic heterocycles. The summed E-state index contributed by atoms with van der Waals surface area (Å²) < 4.78 is 38.9. The van der Waals surface area contributed by atoms with Crippen molar-refractivity contribution < 1.29 is 33.2 Å². The summed E-state index contributed by atoms with van der Waals surface area (Å²) in [7, 11) is 1.67. The van der Waals surface area contributed by atoms with Crippen LogP contribution >= 0.6 is 0 Å². The van der Waals surface area contributed by atoms with E-state index < -0.39 is 0 Å². The van der Waals surface area contributed by atoms with Gasteiger partial charge in [0.2, 0.25) is 0 Å². The molecule has 0 bridgehead atoms. The van der Waals surface area contributed by atoms with Gasteiger partial charge in [-0.1, -0.05) is 12.1 Å². The van der Waals surface area contributed by atoms with Crippen LogP contribution in [0.5, 0.6) is 5.75 Å². The van der Waals surface area contributed by atoms with E-state index in [1.807, 2.05) is 18.2 Å². The predicted octanol–water partition coefficient (Wildman–Crippen LogP) is 1.61. The highest BCUT2D eigenvalue weighted by Gasteiger charge is 2.12. The van der Waals surface area contributed by atoms with Crippen molar-refractivity contribution in [2.75, 3.05) is 104 Å². The normalized spacial score (nSPS) is 19.3. The Morgan fingerprint density at radius 3 is 1.69 bits per heavy atom. The Bertz CT molecular complexity index is 500. The second kappa shape index (κ2) is 16.4. The second-order valence-electron chi connectivity index (χ2n) is 6.36. The van der Waals surface area contributed by atoms with Gasteiger partial charge in [0.05, 0.1) is 78.4 Å². The van der Waals surface area contributed by atoms with Crippen molar-refractivity contribution in [3.63, 3.8) is 0 Å². The molecule has 166 valence electrons. The zero-order valence-corrected chi connectivity index (χ0v) is 17.5. The summed E-state index contributed by atoms with van der Waals surface area (Å²) >= 11 is 0. The van der Waals surface area contributed by atoms with Crippen molar-refractivity contribution in [1.82, 2.24) is 0 Å². The highest BCUT2D eigenvalue weighted by Crippen LogP contribution is 2.27. The van der Waals surface area contributed by atoms with Crippen LogP contribution in [0.3, 0.4) is 0 Å². The van der Waals surface area contributed by atoms with Crippen LogP contribution in [0, 0.1) is 0 Å². The zero-order chi connectivity index (χ0) is 20.4. The Balaban J connectivity index is 1.90. The number of anilines is 1. The lowest BCUT2D eigenvalue weighted by Crippen LogP contribution is -2.32. The van der Waals surface area contributed by atoms with Crippen molar-refractivity contribution in [2.24, 2.45) is 0 Å². The van der Waals surface area contributed by atoms with Gasteiger partial charge in [0, 0.05) is 20.2 Å². The van der Waals surface area contributed by atoms with Crippen LogP contribution in [0.1, 0.15) is 0 Å². The maximum Gasteiger partial charge on any atom is 0.142 e. The number of para-hydroxylation sites is 2. The van der Waals surface area contributed by atoms with Gasteiger partial charge in [-0.25, -0.2) is 0 Å². The van der Waals surface area contributed by atoms with Gasteiger partial charge in [0.1, 0.15) is 12.4 Å². The van der Waals surface area contributed by atoms with Gasteiger partial charge in [-0.2, -0.15) is 0 Å². The van der Waals surface area contributed by atoms with Crippen molar-refractivity contribution >= 4 is 5.69 Å². The van der Waals surface area contributed by atoms with E-state index >= 15 is 0 Å². The molecule has 0 saturated carbocycles. The molecule has 1 heterocycles. The van der Waals surface area contributed by atoms with E-state index in [1.165, 1.54) is 0 Å². The number of benzene rings is 1. The van der Waals surface area contributed by atoms with Crippen LogP contribution in [-0.4, -0.2) is 99.5 Å². The zero-order valence-electron chi connectivity index (χ0n) is 17.5. The molecule has 1 aliphatic heterocycles. The van der Waals surface area contributed by atoms with Crippen molar-refractivity contribution in [2.45, 2.75) is 0 Å². The number of hydrogen-bond acceptors (Lipinski definition) is 8. The molecule has 8 nitrogen and oxygen atoms in total. The molecule has 1 aromatic carbocycles. The first-order valence-corrected chi connectivity index (χ1v) is 10.3. The van der Waals surface area contributed by atoms with Gasteiger partial charge in [0.25, 0.3) is 0 Å². The highest BCUT2D eigenvalue weighted by molar-refractivity contribution is 5.58. The molecule has 0 unspecified atom stereocenters. The van der Waals surface area contributed by atoms with Crippen LogP contribution in [0.2, 0.25) is 0 Å². The molecule has 0 amide bonds. The Hall–Kier alpha value is -1.42. The summed E-state index contributed by atoms with van der Waals surface area (Å²) in [5.74, 6) is 0.832. The first kappa shape index (κ1) is 23.9. The summed E-state index contributed by atoms with van der Waals surface area (Å²) in [6.07, 6.45) is 0. The van der Waals surface area contributed by atoms with Gasteiger partial charge in [-0.3, -0.25) is 0 Å². The van der Waals surface area contributed by atoms with Gasteiger partial charge >= 0.3 is 0 Å². The Morgan fingerprint density at radius 1 is 0.690 bits per heavy atom. The van der Waals surface area contributed by atoms with Crippen LogP contribution in [0.25, 0.3) is 0 Å². The monoisotopic (exact) mass is 413 g/mol. The van der Waals surface area contributed by atoms with E-state index in [2.05, 4.69) is 11.0 Å². The van der Waals surface area contributed by atoms with E-state index in [0.717, 1.165) is 24.5 Å². The summed E-state index contributed by atoms with van der Waals surface area (Å²) in [5.41, 5.74) is 1.02. The third-order valence-corrected chi connectivity index (χ3v) is 4.25. The van der Waals surface area contributed by atoms with Crippen molar-refractivity contribution in [3.05, 3.63) is 24.3 Å². The smallest absolute Gasteiger partial charge is 0.142 e. The van der Waals surface area contributed by atoms with Crippen LogP contribution in [0.4, 0.5) is 5.69 Å². The van der Waals surface area contributed by atoms with Gasteiger partial charge < -0.3 is 38.1 Å². The van der Waals surface area contributed by atoms with Crippen molar-refractivity contribution in [1.29, 1.82) is 0 Å². The van der Waals surface area contributed by atoms with E-state index in [4.69, 9.17) is 33.2 Å². The van der Waals surface area contributed by atoms with Crippen LogP contribution < -0.4 is 9.64 Å². The maximum absolute atomic E-state index is 5.90. The summed E-state index contributed by atoms with van der Waals surface area (Å²) in [6, 6.07) is 8.01. The molecule has 0 radical (unpaired) electrons. The first-order valence-electron chi connectivity index (χ1n) is 10.3. The molecule has 0 N–H and O–H groups in total. The van der Waals surface area contributed by atoms with Gasteiger partial charge in [-0.05, 0) is 12.1 Å². The molecule has 1 fully saturated rings. The molecule has 8 heteroatoms. The minimum atomic E-state index is 0.507. The highest BCUT2D eigenvalue weighted by atomic mass is 16.6. The van der Waals surface area contributed by atoms with E-state index in [0.29, 0.717) is 79.3 Å². The quantitative estimate of drug-likeness (QED) is 0.675. The molecule has 1 saturated heterocycles. The molecule has 0 spiro atoms. The minimum Gasteiger partial charge on any atom is -0.489 e. The lowest BCUT2D eigenvalue weighted by atomic mass is 10.2. The molecular weight excluding hydrogens is 378 g/mol. The van der Waals surface area contributed by atoms with Gasteiger partial charge in [-0.15, -0.1) is 0 Å². The topological polar surface area (TPSA) is 67.9 Å². The van der Waals surface area contributed by atoms with Crippen molar-refractivity contribution in [3.8, 4) is 5.75 Å². The molecular formula is C21H35NO7. The van der Waals surface area contributed by atoms with Crippen LogP contribution in [0.15, 0.2) is 24.3 Å². The number of rotatable bonds is 5. The van der Waals surface area contributed by atoms with Gasteiger partial charge in [0.15, 0.2) is 0 Å². The number of methoxy groups -OCH3 is 1. The van der Waals surface area contributed by atoms with E-state index in [9.17, 15) is 0 Å². The Labute approximate surface area is 173 Å². The van der Waals surface area contributed by atoms with Crippen LogP contribution in [-0.2, 0) is 28.4 Å². The summed E-state index contributed by atoms with van der Waals surface area (Å²) in [6.45, 7) is 8.17. The minimum absolute atomic E-state index is 0.507. The average molecular weight is 414 g/mol. The molecule has 2 rings (SSSR count). The fraction of sp³-hybridized carbons (Fsp3) is 0.714.